The Morgan fingerprint density at radius 3 is 2.72 bits per heavy atom. The predicted octanol–water partition coefficient (Wildman–Crippen LogP) is 2.72. The SMILES string of the molecule is O=C(O)c1cccc(-n2cc3ccccc3n2)c1. The molecular weight excluding hydrogens is 228 g/mol. The molecular formula is C14H10N2O2. The van der Waals surface area contributed by atoms with Crippen molar-refractivity contribution in [1.29, 1.82) is 0 Å². The number of carboxylic acid groups (broad SMARTS) is 1. The molecule has 0 aliphatic rings. The molecule has 3 aromatic rings. The van der Waals surface area contributed by atoms with Gasteiger partial charge >= 0.3 is 5.97 Å². The molecule has 18 heavy (non-hydrogen) atoms. The van der Waals surface area contributed by atoms with Crippen LogP contribution in [-0.2, 0) is 0 Å². The maximum Gasteiger partial charge on any atom is 0.335 e. The van der Waals surface area contributed by atoms with Crippen molar-refractivity contribution in [1.82, 2.24) is 9.78 Å². The average Bonchev–Trinajstić information content (AvgIpc) is 2.82. The summed E-state index contributed by atoms with van der Waals surface area (Å²) in [5.74, 6) is -0.937. The highest BCUT2D eigenvalue weighted by atomic mass is 16.4. The van der Waals surface area contributed by atoms with Gasteiger partial charge in [0, 0.05) is 11.6 Å². The van der Waals surface area contributed by atoms with Gasteiger partial charge in [-0.2, -0.15) is 5.10 Å². The van der Waals surface area contributed by atoms with E-state index in [2.05, 4.69) is 5.10 Å². The van der Waals surface area contributed by atoms with Gasteiger partial charge in [0.2, 0.25) is 0 Å². The zero-order chi connectivity index (χ0) is 12.5. The first-order valence-electron chi connectivity index (χ1n) is 5.52. The second-order valence-corrected chi connectivity index (χ2v) is 3.99. The molecule has 0 bridgehead atoms. The Morgan fingerprint density at radius 2 is 1.94 bits per heavy atom. The van der Waals surface area contributed by atoms with Crippen LogP contribution >= 0.6 is 0 Å². The van der Waals surface area contributed by atoms with Gasteiger partial charge in [-0.25, -0.2) is 9.48 Å². The molecule has 0 aliphatic carbocycles. The van der Waals surface area contributed by atoms with E-state index in [4.69, 9.17) is 5.11 Å². The topological polar surface area (TPSA) is 55.1 Å². The number of carboxylic acids is 1. The molecule has 1 N–H and O–H groups in total. The van der Waals surface area contributed by atoms with E-state index in [1.807, 2.05) is 36.5 Å². The third kappa shape index (κ3) is 1.73. The van der Waals surface area contributed by atoms with Crippen LogP contribution in [0.25, 0.3) is 16.6 Å². The van der Waals surface area contributed by atoms with Crippen molar-refractivity contribution in [3.63, 3.8) is 0 Å². The van der Waals surface area contributed by atoms with Crippen LogP contribution in [0.15, 0.2) is 54.7 Å². The molecule has 0 saturated heterocycles. The monoisotopic (exact) mass is 238 g/mol. The number of hydrogen-bond donors (Lipinski definition) is 1. The molecule has 88 valence electrons. The summed E-state index contributed by atoms with van der Waals surface area (Å²) in [5, 5.41) is 14.4. The van der Waals surface area contributed by atoms with Crippen molar-refractivity contribution in [3.05, 3.63) is 60.3 Å². The smallest absolute Gasteiger partial charge is 0.335 e. The zero-order valence-corrected chi connectivity index (χ0v) is 9.45. The number of carbonyl (C=O) groups is 1. The molecule has 0 fully saturated rings. The molecule has 2 aromatic carbocycles. The van der Waals surface area contributed by atoms with Crippen molar-refractivity contribution >= 4 is 16.9 Å². The third-order valence-electron chi connectivity index (χ3n) is 2.77. The summed E-state index contributed by atoms with van der Waals surface area (Å²) in [7, 11) is 0. The van der Waals surface area contributed by atoms with Crippen LogP contribution in [0, 0.1) is 0 Å². The summed E-state index contributed by atoms with van der Waals surface area (Å²) in [6.07, 6.45) is 1.89. The van der Waals surface area contributed by atoms with Crippen LogP contribution in [0.3, 0.4) is 0 Å². The minimum absolute atomic E-state index is 0.257. The minimum Gasteiger partial charge on any atom is -0.478 e. The van der Waals surface area contributed by atoms with Crippen molar-refractivity contribution in [2.45, 2.75) is 0 Å². The first-order valence-corrected chi connectivity index (χ1v) is 5.52. The van der Waals surface area contributed by atoms with E-state index in [0.29, 0.717) is 0 Å². The second-order valence-electron chi connectivity index (χ2n) is 3.99. The predicted molar refractivity (Wildman–Crippen MR) is 68.0 cm³/mol. The van der Waals surface area contributed by atoms with Crippen LogP contribution in [0.5, 0.6) is 0 Å². The molecule has 0 amide bonds. The van der Waals surface area contributed by atoms with Gasteiger partial charge in [-0.1, -0.05) is 24.3 Å². The van der Waals surface area contributed by atoms with Crippen molar-refractivity contribution in [2.75, 3.05) is 0 Å². The normalized spacial score (nSPS) is 10.7. The molecule has 3 rings (SSSR count). The highest BCUT2D eigenvalue weighted by Crippen LogP contribution is 2.16. The third-order valence-corrected chi connectivity index (χ3v) is 2.77. The van der Waals surface area contributed by atoms with Crippen LogP contribution in [0.4, 0.5) is 0 Å². The van der Waals surface area contributed by atoms with E-state index < -0.39 is 5.97 Å². The Labute approximate surface area is 103 Å². The van der Waals surface area contributed by atoms with Gasteiger partial charge in [0.15, 0.2) is 0 Å². The molecule has 0 aliphatic heterocycles. The van der Waals surface area contributed by atoms with Gasteiger partial charge in [0.25, 0.3) is 0 Å². The average molecular weight is 238 g/mol. The first-order chi connectivity index (χ1) is 8.74. The quantitative estimate of drug-likeness (QED) is 0.746. The van der Waals surface area contributed by atoms with Gasteiger partial charge in [0.05, 0.1) is 16.8 Å². The number of rotatable bonds is 2. The molecule has 1 heterocycles. The second kappa shape index (κ2) is 4.00. The summed E-state index contributed by atoms with van der Waals surface area (Å²) in [6, 6.07) is 14.5. The number of benzene rings is 2. The Bertz CT molecular complexity index is 698. The fraction of sp³-hybridized carbons (Fsp3) is 0. The van der Waals surface area contributed by atoms with Gasteiger partial charge in [-0.3, -0.25) is 0 Å². The number of nitrogens with zero attached hydrogens (tertiary/aromatic N) is 2. The maximum atomic E-state index is 10.9. The van der Waals surface area contributed by atoms with Gasteiger partial charge < -0.3 is 5.11 Å². The van der Waals surface area contributed by atoms with Crippen molar-refractivity contribution in [3.8, 4) is 5.69 Å². The highest BCUT2D eigenvalue weighted by Gasteiger charge is 2.06. The lowest BCUT2D eigenvalue weighted by Gasteiger charge is -2.01. The molecule has 0 spiro atoms. The lowest BCUT2D eigenvalue weighted by molar-refractivity contribution is 0.0697. The first kappa shape index (κ1) is 10.5. The van der Waals surface area contributed by atoms with Crippen LogP contribution in [0.2, 0.25) is 0 Å². The van der Waals surface area contributed by atoms with Gasteiger partial charge in [0.1, 0.15) is 0 Å². The number of aromatic carboxylic acids is 1. The van der Waals surface area contributed by atoms with E-state index in [-0.39, 0.29) is 5.56 Å². The van der Waals surface area contributed by atoms with Gasteiger partial charge in [-0.15, -0.1) is 0 Å². The Morgan fingerprint density at radius 1 is 1.11 bits per heavy atom. The summed E-state index contributed by atoms with van der Waals surface area (Å²) >= 11 is 0. The fourth-order valence-corrected chi connectivity index (χ4v) is 1.88. The molecule has 4 heteroatoms. The van der Waals surface area contributed by atoms with Crippen LogP contribution < -0.4 is 0 Å². The van der Waals surface area contributed by atoms with Crippen molar-refractivity contribution < 1.29 is 9.90 Å². The largest absolute Gasteiger partial charge is 0.478 e. The molecule has 0 unspecified atom stereocenters. The molecule has 4 nitrogen and oxygen atoms in total. The van der Waals surface area contributed by atoms with E-state index in [0.717, 1.165) is 16.6 Å². The summed E-state index contributed by atoms with van der Waals surface area (Å²) in [5.41, 5.74) is 1.89. The lowest BCUT2D eigenvalue weighted by atomic mass is 10.2. The summed E-state index contributed by atoms with van der Waals surface area (Å²) in [6.45, 7) is 0. The summed E-state index contributed by atoms with van der Waals surface area (Å²) in [4.78, 5) is 10.9. The summed E-state index contributed by atoms with van der Waals surface area (Å²) < 4.78 is 1.69. The van der Waals surface area contributed by atoms with E-state index in [1.54, 1.807) is 22.9 Å². The number of fused-ring (bicyclic) bond motifs is 1. The Balaban J connectivity index is 2.13. The molecule has 1 aromatic heterocycles. The van der Waals surface area contributed by atoms with Crippen LogP contribution in [0.1, 0.15) is 10.4 Å². The fourth-order valence-electron chi connectivity index (χ4n) is 1.88. The van der Waals surface area contributed by atoms with E-state index in [1.165, 1.54) is 0 Å². The standard InChI is InChI=1S/C14H10N2O2/c17-14(18)10-5-3-6-12(8-10)16-9-11-4-1-2-7-13(11)15-16/h1-9H,(H,17,18). The van der Waals surface area contributed by atoms with E-state index >= 15 is 0 Å². The number of aromatic nitrogens is 2. The maximum absolute atomic E-state index is 10.9. The molecule has 0 saturated carbocycles. The van der Waals surface area contributed by atoms with Crippen molar-refractivity contribution in [2.24, 2.45) is 0 Å². The minimum atomic E-state index is -0.937. The lowest BCUT2D eigenvalue weighted by Crippen LogP contribution is -2.00. The Kier molecular flexibility index (Phi) is 2.34. The molecule has 0 atom stereocenters. The number of hydrogen-bond acceptors (Lipinski definition) is 2. The van der Waals surface area contributed by atoms with Crippen LogP contribution in [-0.4, -0.2) is 20.9 Å². The zero-order valence-electron chi connectivity index (χ0n) is 9.45. The van der Waals surface area contributed by atoms with E-state index in [9.17, 15) is 4.79 Å². The highest BCUT2D eigenvalue weighted by molar-refractivity contribution is 5.88. The Hall–Kier alpha value is -2.62. The van der Waals surface area contributed by atoms with Gasteiger partial charge in [-0.05, 0) is 24.3 Å². The molecule has 0 radical (unpaired) electrons.